The number of rotatable bonds is 3. The molecule has 1 aromatic carbocycles. The van der Waals surface area contributed by atoms with Crippen molar-refractivity contribution in [1.29, 1.82) is 5.26 Å². The van der Waals surface area contributed by atoms with Gasteiger partial charge in [0.15, 0.2) is 0 Å². The SMILES string of the molecule is COC(=O)C1CCC(Nc2ccc(C#N)cc2Br)CC1. The molecule has 0 amide bonds. The molecule has 2 rings (SSSR count). The van der Waals surface area contributed by atoms with Crippen LogP contribution in [-0.2, 0) is 9.53 Å². The Labute approximate surface area is 127 Å². The molecule has 0 spiro atoms. The minimum Gasteiger partial charge on any atom is -0.469 e. The van der Waals surface area contributed by atoms with Crippen molar-refractivity contribution in [2.24, 2.45) is 5.92 Å². The third-order valence-corrected chi connectivity index (χ3v) is 4.38. The molecule has 1 N–H and O–H groups in total. The molecule has 1 saturated carbocycles. The molecule has 0 aromatic heterocycles. The van der Waals surface area contributed by atoms with Gasteiger partial charge in [-0.05, 0) is 59.8 Å². The second-order valence-corrected chi connectivity index (χ2v) is 5.88. The van der Waals surface area contributed by atoms with E-state index in [4.69, 9.17) is 10.00 Å². The average Bonchev–Trinajstić information content (AvgIpc) is 2.49. The van der Waals surface area contributed by atoms with Gasteiger partial charge in [0.2, 0.25) is 0 Å². The standard InChI is InChI=1S/C15H17BrN2O2/c1-20-15(19)11-3-5-12(6-4-11)18-14-7-2-10(9-17)8-13(14)16/h2,7-8,11-12,18H,3-6H2,1H3. The molecule has 0 bridgehead atoms. The molecule has 20 heavy (non-hydrogen) atoms. The number of hydrogen-bond acceptors (Lipinski definition) is 4. The lowest BCUT2D eigenvalue weighted by atomic mass is 9.86. The van der Waals surface area contributed by atoms with E-state index in [1.807, 2.05) is 12.1 Å². The fraction of sp³-hybridized carbons (Fsp3) is 0.467. The number of carbonyl (C=O) groups is 1. The van der Waals surface area contributed by atoms with Crippen LogP contribution < -0.4 is 5.32 Å². The van der Waals surface area contributed by atoms with Gasteiger partial charge in [-0.1, -0.05) is 0 Å². The summed E-state index contributed by atoms with van der Waals surface area (Å²) in [6.45, 7) is 0. The molecule has 0 aliphatic heterocycles. The van der Waals surface area contributed by atoms with Gasteiger partial charge in [0.05, 0.1) is 24.7 Å². The van der Waals surface area contributed by atoms with E-state index in [1.54, 1.807) is 6.07 Å². The number of halogens is 1. The maximum absolute atomic E-state index is 11.5. The van der Waals surface area contributed by atoms with E-state index in [1.165, 1.54) is 7.11 Å². The second kappa shape index (κ2) is 6.76. The number of methoxy groups -OCH3 is 1. The number of nitrogens with one attached hydrogen (secondary N) is 1. The maximum Gasteiger partial charge on any atom is 0.308 e. The molecule has 5 heteroatoms. The first-order chi connectivity index (χ1) is 9.63. The third kappa shape index (κ3) is 3.51. The number of nitriles is 1. The van der Waals surface area contributed by atoms with Crippen molar-refractivity contribution < 1.29 is 9.53 Å². The molecule has 106 valence electrons. The third-order valence-electron chi connectivity index (χ3n) is 3.72. The largest absolute Gasteiger partial charge is 0.469 e. The predicted molar refractivity (Wildman–Crippen MR) is 80.2 cm³/mol. The van der Waals surface area contributed by atoms with Crippen LogP contribution in [0.25, 0.3) is 0 Å². The molecule has 0 heterocycles. The highest BCUT2D eigenvalue weighted by Crippen LogP contribution is 2.30. The first kappa shape index (κ1) is 14.9. The summed E-state index contributed by atoms with van der Waals surface area (Å²) in [7, 11) is 1.44. The lowest BCUT2D eigenvalue weighted by molar-refractivity contribution is -0.146. The number of ether oxygens (including phenoxy) is 1. The number of nitrogens with zero attached hydrogens (tertiary/aromatic N) is 1. The number of anilines is 1. The van der Waals surface area contributed by atoms with E-state index in [-0.39, 0.29) is 11.9 Å². The van der Waals surface area contributed by atoms with E-state index < -0.39 is 0 Å². The normalized spacial score (nSPS) is 21.9. The molecule has 4 nitrogen and oxygen atoms in total. The lowest BCUT2D eigenvalue weighted by Gasteiger charge is -2.28. The van der Waals surface area contributed by atoms with Gasteiger partial charge < -0.3 is 10.1 Å². The smallest absolute Gasteiger partial charge is 0.308 e. The quantitative estimate of drug-likeness (QED) is 0.858. The summed E-state index contributed by atoms with van der Waals surface area (Å²) in [5.74, 6) is -0.0505. The molecule has 1 fully saturated rings. The maximum atomic E-state index is 11.5. The second-order valence-electron chi connectivity index (χ2n) is 5.02. The fourth-order valence-electron chi connectivity index (χ4n) is 2.56. The van der Waals surface area contributed by atoms with E-state index in [9.17, 15) is 4.79 Å². The zero-order valence-electron chi connectivity index (χ0n) is 11.4. The Bertz CT molecular complexity index is 531. The Morgan fingerprint density at radius 1 is 1.40 bits per heavy atom. The van der Waals surface area contributed by atoms with Crippen LogP contribution in [0.4, 0.5) is 5.69 Å². The minimum absolute atomic E-state index is 0.0439. The van der Waals surface area contributed by atoms with Crippen molar-refractivity contribution in [3.8, 4) is 6.07 Å². The van der Waals surface area contributed by atoms with Gasteiger partial charge in [0.25, 0.3) is 0 Å². The molecule has 0 atom stereocenters. The van der Waals surface area contributed by atoms with E-state index in [2.05, 4.69) is 27.3 Å². The lowest BCUT2D eigenvalue weighted by Crippen LogP contribution is -2.30. The zero-order valence-corrected chi connectivity index (χ0v) is 12.9. The summed E-state index contributed by atoms with van der Waals surface area (Å²) in [6.07, 6.45) is 3.62. The van der Waals surface area contributed by atoms with Gasteiger partial charge in [0.1, 0.15) is 0 Å². The van der Waals surface area contributed by atoms with E-state index in [0.717, 1.165) is 35.8 Å². The van der Waals surface area contributed by atoms with Crippen LogP contribution in [0.1, 0.15) is 31.2 Å². The van der Waals surface area contributed by atoms with Crippen LogP contribution in [0, 0.1) is 17.2 Å². The molecular weight excluding hydrogens is 320 g/mol. The van der Waals surface area contributed by atoms with Gasteiger partial charge in [-0.2, -0.15) is 5.26 Å². The number of benzene rings is 1. The van der Waals surface area contributed by atoms with Crippen LogP contribution in [0.3, 0.4) is 0 Å². The number of esters is 1. The van der Waals surface area contributed by atoms with Crippen LogP contribution in [-0.4, -0.2) is 19.1 Å². The van der Waals surface area contributed by atoms with Crippen LogP contribution in [0.5, 0.6) is 0 Å². The highest BCUT2D eigenvalue weighted by Gasteiger charge is 2.26. The van der Waals surface area contributed by atoms with Crippen molar-refractivity contribution in [1.82, 2.24) is 0 Å². The van der Waals surface area contributed by atoms with Crippen molar-refractivity contribution in [3.05, 3.63) is 28.2 Å². The Morgan fingerprint density at radius 2 is 2.10 bits per heavy atom. The summed E-state index contributed by atoms with van der Waals surface area (Å²) in [5, 5.41) is 12.3. The van der Waals surface area contributed by atoms with Crippen LogP contribution >= 0.6 is 15.9 Å². The molecule has 0 unspecified atom stereocenters. The summed E-state index contributed by atoms with van der Waals surface area (Å²) in [6, 6.07) is 7.99. The van der Waals surface area contributed by atoms with Crippen molar-refractivity contribution in [2.45, 2.75) is 31.7 Å². The predicted octanol–water partition coefficient (Wildman–Crippen LogP) is 3.46. The van der Waals surface area contributed by atoms with Crippen molar-refractivity contribution in [2.75, 3.05) is 12.4 Å². The number of carbonyl (C=O) groups excluding carboxylic acids is 1. The molecule has 1 aliphatic rings. The summed E-state index contributed by atoms with van der Waals surface area (Å²) in [4.78, 5) is 11.5. The fourth-order valence-corrected chi connectivity index (χ4v) is 3.05. The van der Waals surface area contributed by atoms with E-state index in [0.29, 0.717) is 11.6 Å². The van der Waals surface area contributed by atoms with Crippen LogP contribution in [0.15, 0.2) is 22.7 Å². The molecule has 1 aliphatic carbocycles. The minimum atomic E-state index is -0.0944. The Hall–Kier alpha value is -1.54. The van der Waals surface area contributed by atoms with E-state index >= 15 is 0 Å². The molecule has 1 aromatic rings. The highest BCUT2D eigenvalue weighted by atomic mass is 79.9. The van der Waals surface area contributed by atoms with Gasteiger partial charge in [-0.15, -0.1) is 0 Å². The molecular formula is C15H17BrN2O2. The summed E-state index contributed by atoms with van der Waals surface area (Å²) < 4.78 is 5.69. The molecule has 0 saturated heterocycles. The van der Waals surface area contributed by atoms with Gasteiger partial charge in [-0.3, -0.25) is 4.79 Å². The van der Waals surface area contributed by atoms with Crippen molar-refractivity contribution in [3.63, 3.8) is 0 Å². The van der Waals surface area contributed by atoms with Gasteiger partial charge in [0, 0.05) is 16.2 Å². The van der Waals surface area contributed by atoms with Gasteiger partial charge in [-0.25, -0.2) is 0 Å². The monoisotopic (exact) mass is 336 g/mol. The average molecular weight is 337 g/mol. The summed E-state index contributed by atoms with van der Waals surface area (Å²) >= 11 is 3.47. The van der Waals surface area contributed by atoms with Crippen LogP contribution in [0.2, 0.25) is 0 Å². The zero-order chi connectivity index (χ0) is 14.5. The molecule has 0 radical (unpaired) electrons. The first-order valence-electron chi connectivity index (χ1n) is 6.68. The Kier molecular flexibility index (Phi) is 5.02. The Morgan fingerprint density at radius 3 is 2.65 bits per heavy atom. The summed E-state index contributed by atoms with van der Waals surface area (Å²) in [5.41, 5.74) is 1.63. The first-order valence-corrected chi connectivity index (χ1v) is 7.47. The van der Waals surface area contributed by atoms with Gasteiger partial charge >= 0.3 is 5.97 Å². The number of hydrogen-bond donors (Lipinski definition) is 1. The highest BCUT2D eigenvalue weighted by molar-refractivity contribution is 9.10. The Balaban J connectivity index is 1.93. The topological polar surface area (TPSA) is 62.1 Å². The van der Waals surface area contributed by atoms with Crippen molar-refractivity contribution >= 4 is 27.6 Å².